The molecule has 0 N–H and O–H groups in total. The van der Waals surface area contributed by atoms with Crippen molar-refractivity contribution in [3.63, 3.8) is 0 Å². The zero-order chi connectivity index (χ0) is 16.2. The molecule has 0 aromatic heterocycles. The Balaban J connectivity index is 1.65. The second-order valence-corrected chi connectivity index (χ2v) is 4.90. The van der Waals surface area contributed by atoms with Crippen molar-refractivity contribution in [2.75, 3.05) is 24.7 Å². The third kappa shape index (κ3) is 3.23. The molecule has 118 valence electrons. The predicted molar refractivity (Wildman–Crippen MR) is 82.9 cm³/mol. The van der Waals surface area contributed by atoms with Crippen LogP contribution in [0.25, 0.3) is 0 Å². The molecule has 0 aliphatic carbocycles. The van der Waals surface area contributed by atoms with Gasteiger partial charge < -0.3 is 14.4 Å². The minimum absolute atomic E-state index is 0.0224. The number of para-hydroxylation sites is 2. The van der Waals surface area contributed by atoms with Crippen molar-refractivity contribution in [2.24, 2.45) is 0 Å². The van der Waals surface area contributed by atoms with E-state index in [1.54, 1.807) is 4.90 Å². The number of carbonyl (C=O) groups excluding carboxylic acids is 1. The lowest BCUT2D eigenvalue weighted by Gasteiger charge is -2.29. The topological polar surface area (TPSA) is 81.9 Å². The lowest BCUT2D eigenvalue weighted by atomic mass is 10.2. The van der Waals surface area contributed by atoms with E-state index in [1.807, 2.05) is 24.3 Å². The summed E-state index contributed by atoms with van der Waals surface area (Å²) >= 11 is 0. The molecule has 0 saturated carbocycles. The predicted octanol–water partition coefficient (Wildman–Crippen LogP) is 2.40. The maximum Gasteiger partial charge on any atom is 0.269 e. The lowest BCUT2D eigenvalue weighted by molar-refractivity contribution is -0.384. The molecule has 2 aromatic carbocycles. The molecule has 0 unspecified atom stereocenters. The quantitative estimate of drug-likeness (QED) is 0.639. The molecule has 3 rings (SSSR count). The van der Waals surface area contributed by atoms with Gasteiger partial charge in [-0.15, -0.1) is 0 Å². The number of nitro groups is 1. The van der Waals surface area contributed by atoms with Crippen molar-refractivity contribution in [3.05, 3.63) is 58.6 Å². The van der Waals surface area contributed by atoms with Crippen molar-refractivity contribution in [1.82, 2.24) is 0 Å². The number of ether oxygens (including phenoxy) is 2. The highest BCUT2D eigenvalue weighted by molar-refractivity contribution is 5.96. The van der Waals surface area contributed by atoms with Crippen LogP contribution in [-0.2, 0) is 4.79 Å². The van der Waals surface area contributed by atoms with E-state index >= 15 is 0 Å². The molecule has 7 nitrogen and oxygen atoms in total. The molecule has 7 heteroatoms. The standard InChI is InChI=1S/C16H14N2O5/c19-16(11-23-13-7-5-12(6-8-13)18(20)21)17-9-10-22-15-4-2-1-3-14(15)17/h1-8H,9-11H2. The molecule has 0 radical (unpaired) electrons. The normalized spacial score (nSPS) is 13.0. The average molecular weight is 314 g/mol. The number of amides is 1. The number of nitro benzene ring substituents is 1. The molecule has 0 bridgehead atoms. The number of fused-ring (bicyclic) bond motifs is 1. The first-order chi connectivity index (χ1) is 11.1. The van der Waals surface area contributed by atoms with Crippen LogP contribution in [0.1, 0.15) is 0 Å². The summed E-state index contributed by atoms with van der Waals surface area (Å²) in [7, 11) is 0. The molecule has 0 spiro atoms. The first-order valence-corrected chi connectivity index (χ1v) is 7.04. The Kier molecular flexibility index (Phi) is 4.09. The number of anilines is 1. The first kappa shape index (κ1) is 14.8. The van der Waals surface area contributed by atoms with E-state index in [9.17, 15) is 14.9 Å². The Hall–Kier alpha value is -3.09. The Morgan fingerprint density at radius 3 is 2.70 bits per heavy atom. The summed E-state index contributed by atoms with van der Waals surface area (Å²) in [6, 6.07) is 12.9. The molecule has 1 aliphatic rings. The molecular weight excluding hydrogens is 300 g/mol. The number of rotatable bonds is 4. The van der Waals surface area contributed by atoms with E-state index in [4.69, 9.17) is 9.47 Å². The molecule has 2 aromatic rings. The van der Waals surface area contributed by atoms with E-state index in [0.29, 0.717) is 24.7 Å². The maximum atomic E-state index is 12.3. The van der Waals surface area contributed by atoms with Crippen LogP contribution < -0.4 is 14.4 Å². The molecule has 0 saturated heterocycles. The maximum absolute atomic E-state index is 12.3. The van der Waals surface area contributed by atoms with Gasteiger partial charge in [0.25, 0.3) is 11.6 Å². The number of carbonyl (C=O) groups is 1. The number of nitrogens with zero attached hydrogens (tertiary/aromatic N) is 2. The van der Waals surface area contributed by atoms with Gasteiger partial charge in [0.2, 0.25) is 0 Å². The molecule has 0 fully saturated rings. The van der Waals surface area contributed by atoms with Gasteiger partial charge in [-0.25, -0.2) is 0 Å². The minimum Gasteiger partial charge on any atom is -0.490 e. The molecule has 1 amide bonds. The Bertz CT molecular complexity index is 730. The van der Waals surface area contributed by atoms with Gasteiger partial charge in [-0.3, -0.25) is 14.9 Å². The zero-order valence-electron chi connectivity index (χ0n) is 12.2. The van der Waals surface area contributed by atoms with Gasteiger partial charge in [-0.05, 0) is 24.3 Å². The van der Waals surface area contributed by atoms with Crippen molar-refractivity contribution in [2.45, 2.75) is 0 Å². The molecule has 1 aliphatic heterocycles. The highest BCUT2D eigenvalue weighted by Gasteiger charge is 2.23. The SMILES string of the molecule is O=C(COc1ccc([N+](=O)[O-])cc1)N1CCOc2ccccc21. The van der Waals surface area contributed by atoms with Crippen LogP contribution in [0, 0.1) is 10.1 Å². The van der Waals surface area contributed by atoms with Crippen LogP contribution in [-0.4, -0.2) is 30.6 Å². The first-order valence-electron chi connectivity index (χ1n) is 7.04. The van der Waals surface area contributed by atoms with Gasteiger partial charge in [0.15, 0.2) is 6.61 Å². The molecule has 0 atom stereocenters. The van der Waals surface area contributed by atoms with Crippen molar-refractivity contribution < 1.29 is 19.2 Å². The van der Waals surface area contributed by atoms with Crippen LogP contribution in [0.4, 0.5) is 11.4 Å². The van der Waals surface area contributed by atoms with Gasteiger partial charge in [0, 0.05) is 12.1 Å². The molecule has 1 heterocycles. The van der Waals surface area contributed by atoms with E-state index in [-0.39, 0.29) is 18.2 Å². The van der Waals surface area contributed by atoms with Crippen molar-refractivity contribution in [1.29, 1.82) is 0 Å². The highest BCUT2D eigenvalue weighted by Crippen LogP contribution is 2.31. The third-order valence-corrected chi connectivity index (χ3v) is 3.44. The van der Waals surface area contributed by atoms with Crippen LogP contribution in [0.2, 0.25) is 0 Å². The Morgan fingerprint density at radius 2 is 1.96 bits per heavy atom. The Labute approximate surface area is 132 Å². The van der Waals surface area contributed by atoms with Crippen LogP contribution >= 0.6 is 0 Å². The van der Waals surface area contributed by atoms with Crippen molar-refractivity contribution in [3.8, 4) is 11.5 Å². The summed E-state index contributed by atoms with van der Waals surface area (Å²) < 4.78 is 10.9. The number of benzene rings is 2. The van der Waals surface area contributed by atoms with E-state index < -0.39 is 4.92 Å². The van der Waals surface area contributed by atoms with E-state index in [1.165, 1.54) is 24.3 Å². The van der Waals surface area contributed by atoms with Gasteiger partial charge in [0.1, 0.15) is 18.1 Å². The average Bonchev–Trinajstić information content (AvgIpc) is 2.59. The molecule has 23 heavy (non-hydrogen) atoms. The summed E-state index contributed by atoms with van der Waals surface area (Å²) in [6.45, 7) is 0.742. The van der Waals surface area contributed by atoms with Crippen molar-refractivity contribution >= 4 is 17.3 Å². The second-order valence-electron chi connectivity index (χ2n) is 4.90. The Morgan fingerprint density at radius 1 is 1.22 bits per heavy atom. The summed E-state index contributed by atoms with van der Waals surface area (Å²) in [5.74, 6) is 0.882. The fourth-order valence-corrected chi connectivity index (χ4v) is 2.32. The van der Waals surface area contributed by atoms with Gasteiger partial charge >= 0.3 is 0 Å². The van der Waals surface area contributed by atoms with Gasteiger partial charge in [-0.1, -0.05) is 12.1 Å². The van der Waals surface area contributed by atoms with E-state index in [2.05, 4.69) is 0 Å². The summed E-state index contributed by atoms with van der Waals surface area (Å²) in [4.78, 5) is 24.1. The monoisotopic (exact) mass is 314 g/mol. The van der Waals surface area contributed by atoms with Crippen LogP contribution in [0.3, 0.4) is 0 Å². The summed E-state index contributed by atoms with van der Waals surface area (Å²) in [6.07, 6.45) is 0. The number of hydrogen-bond acceptors (Lipinski definition) is 5. The second kappa shape index (κ2) is 6.35. The minimum atomic E-state index is -0.487. The van der Waals surface area contributed by atoms with Gasteiger partial charge in [-0.2, -0.15) is 0 Å². The molecular formula is C16H14N2O5. The summed E-state index contributed by atoms with van der Waals surface area (Å²) in [5, 5.41) is 10.6. The summed E-state index contributed by atoms with van der Waals surface area (Å²) in [5.41, 5.74) is 0.696. The lowest BCUT2D eigenvalue weighted by Crippen LogP contribution is -2.40. The fraction of sp³-hybridized carbons (Fsp3) is 0.188. The smallest absolute Gasteiger partial charge is 0.269 e. The van der Waals surface area contributed by atoms with E-state index in [0.717, 1.165) is 5.69 Å². The fourth-order valence-electron chi connectivity index (χ4n) is 2.32. The highest BCUT2D eigenvalue weighted by atomic mass is 16.6. The van der Waals surface area contributed by atoms with Crippen LogP contribution in [0.15, 0.2) is 48.5 Å². The zero-order valence-corrected chi connectivity index (χ0v) is 12.2. The third-order valence-electron chi connectivity index (χ3n) is 3.44. The van der Waals surface area contributed by atoms with Gasteiger partial charge in [0.05, 0.1) is 17.2 Å². The number of hydrogen-bond donors (Lipinski definition) is 0. The number of non-ortho nitro benzene ring substituents is 1. The largest absolute Gasteiger partial charge is 0.490 e. The van der Waals surface area contributed by atoms with Crippen LogP contribution in [0.5, 0.6) is 11.5 Å².